The minimum atomic E-state index is -0.937. The average molecular weight is 284 g/mol. The van der Waals surface area contributed by atoms with Crippen molar-refractivity contribution >= 4 is 5.91 Å². The smallest absolute Gasteiger partial charge is 0.260 e. The van der Waals surface area contributed by atoms with Crippen LogP contribution in [0.2, 0.25) is 0 Å². The molecule has 108 valence electrons. The molecule has 0 saturated carbocycles. The van der Waals surface area contributed by atoms with E-state index in [1.165, 1.54) is 11.8 Å². The topological polar surface area (TPSA) is 66.6 Å². The van der Waals surface area contributed by atoms with Gasteiger partial charge in [-0.1, -0.05) is 41.4 Å². The molecule has 0 aliphatic rings. The van der Waals surface area contributed by atoms with E-state index in [1.54, 1.807) is 7.05 Å². The van der Waals surface area contributed by atoms with Crippen molar-refractivity contribution in [3.63, 3.8) is 0 Å². The molecular weight excluding hydrogens is 268 g/mol. The molecule has 0 aliphatic carbocycles. The van der Waals surface area contributed by atoms with Crippen LogP contribution in [0, 0.1) is 12.3 Å². The molecule has 0 aliphatic heterocycles. The van der Waals surface area contributed by atoms with Crippen LogP contribution in [0.5, 0.6) is 0 Å². The van der Waals surface area contributed by atoms with Crippen molar-refractivity contribution < 1.29 is 14.4 Å². The van der Waals surface area contributed by atoms with Gasteiger partial charge in [0.25, 0.3) is 5.91 Å². The Hall–Kier alpha value is -2.58. The van der Waals surface area contributed by atoms with E-state index in [9.17, 15) is 9.90 Å². The second-order valence-corrected chi connectivity index (χ2v) is 4.68. The molecule has 0 fully saturated rings. The fourth-order valence-electron chi connectivity index (χ4n) is 1.99. The fraction of sp³-hybridized carbons (Fsp3) is 0.250. The lowest BCUT2D eigenvalue weighted by atomic mass is 10.0. The first-order valence-electron chi connectivity index (χ1n) is 6.48. The number of nitrogens with zero attached hydrogens (tertiary/aromatic N) is 2. The highest BCUT2D eigenvalue weighted by Crippen LogP contribution is 2.29. The summed E-state index contributed by atoms with van der Waals surface area (Å²) in [5.41, 5.74) is 1.39. The van der Waals surface area contributed by atoms with Gasteiger partial charge in [0.2, 0.25) is 0 Å². The summed E-state index contributed by atoms with van der Waals surface area (Å²) >= 11 is 0. The molecule has 2 rings (SSSR count). The zero-order valence-corrected chi connectivity index (χ0v) is 11.9. The van der Waals surface area contributed by atoms with E-state index in [4.69, 9.17) is 10.9 Å². The van der Waals surface area contributed by atoms with E-state index in [1.807, 2.05) is 30.3 Å². The van der Waals surface area contributed by atoms with E-state index in [-0.39, 0.29) is 23.8 Å². The highest BCUT2D eigenvalue weighted by atomic mass is 16.5. The van der Waals surface area contributed by atoms with Crippen LogP contribution in [0.1, 0.15) is 29.1 Å². The van der Waals surface area contributed by atoms with Crippen LogP contribution >= 0.6 is 0 Å². The van der Waals surface area contributed by atoms with Gasteiger partial charge in [-0.05, 0) is 6.92 Å². The Morgan fingerprint density at radius 1 is 1.48 bits per heavy atom. The molecule has 1 heterocycles. The maximum Gasteiger partial charge on any atom is 0.260 e. The van der Waals surface area contributed by atoms with Gasteiger partial charge in [0.05, 0.1) is 6.54 Å². The highest BCUT2D eigenvalue weighted by Gasteiger charge is 2.28. The van der Waals surface area contributed by atoms with Crippen LogP contribution < -0.4 is 0 Å². The standard InChI is InChI=1S/C16H16N2O3/c1-4-10-18(3)16(20)13-14(12-8-6-5-7-9-12)17-21-15(13)11(2)19/h1,5-9,11,19H,10H2,2-3H3/t11-/m0/s1. The maximum absolute atomic E-state index is 12.5. The average Bonchev–Trinajstić information content (AvgIpc) is 2.92. The highest BCUT2D eigenvalue weighted by molar-refractivity contribution is 6.00. The summed E-state index contributed by atoms with van der Waals surface area (Å²) in [5, 5.41) is 13.7. The first kappa shape index (κ1) is 14.8. The molecule has 21 heavy (non-hydrogen) atoms. The van der Waals surface area contributed by atoms with E-state index >= 15 is 0 Å². The van der Waals surface area contributed by atoms with E-state index in [0.29, 0.717) is 5.69 Å². The van der Waals surface area contributed by atoms with Crippen molar-refractivity contribution in [2.24, 2.45) is 0 Å². The quantitative estimate of drug-likeness (QED) is 0.873. The van der Waals surface area contributed by atoms with E-state index in [0.717, 1.165) is 5.56 Å². The summed E-state index contributed by atoms with van der Waals surface area (Å²) in [6.45, 7) is 1.69. The van der Waals surface area contributed by atoms with Crippen LogP contribution in [0.3, 0.4) is 0 Å². The molecule has 5 nitrogen and oxygen atoms in total. The molecule has 0 radical (unpaired) electrons. The van der Waals surface area contributed by atoms with Crippen LogP contribution in [0.15, 0.2) is 34.9 Å². The Morgan fingerprint density at radius 2 is 2.14 bits per heavy atom. The molecule has 1 atom stereocenters. The molecule has 1 amide bonds. The molecule has 2 aromatic rings. The first-order valence-corrected chi connectivity index (χ1v) is 6.48. The Bertz CT molecular complexity index is 669. The number of rotatable bonds is 4. The minimum Gasteiger partial charge on any atom is -0.385 e. The largest absolute Gasteiger partial charge is 0.385 e. The normalized spacial score (nSPS) is 11.7. The van der Waals surface area contributed by atoms with Crippen molar-refractivity contribution in [2.45, 2.75) is 13.0 Å². The summed E-state index contributed by atoms with van der Waals surface area (Å²) in [5.74, 6) is 2.22. The summed E-state index contributed by atoms with van der Waals surface area (Å²) in [7, 11) is 1.59. The summed E-state index contributed by atoms with van der Waals surface area (Å²) in [4.78, 5) is 13.9. The Labute approximate surface area is 123 Å². The molecule has 0 spiro atoms. The van der Waals surface area contributed by atoms with E-state index in [2.05, 4.69) is 11.1 Å². The second kappa shape index (κ2) is 6.25. The number of aliphatic hydroxyl groups is 1. The molecule has 0 unspecified atom stereocenters. The Balaban J connectivity index is 2.54. The van der Waals surface area contributed by atoms with Gasteiger partial charge in [-0.2, -0.15) is 0 Å². The predicted molar refractivity (Wildman–Crippen MR) is 78.4 cm³/mol. The van der Waals surface area contributed by atoms with Gasteiger partial charge in [0.15, 0.2) is 5.76 Å². The zero-order valence-electron chi connectivity index (χ0n) is 11.9. The van der Waals surface area contributed by atoms with Crippen LogP contribution in [-0.4, -0.2) is 34.7 Å². The molecule has 1 aromatic heterocycles. The third-order valence-corrected chi connectivity index (χ3v) is 3.03. The van der Waals surface area contributed by atoms with Gasteiger partial charge in [-0.25, -0.2) is 0 Å². The maximum atomic E-state index is 12.5. The number of hydrogen-bond acceptors (Lipinski definition) is 4. The zero-order chi connectivity index (χ0) is 15.4. The number of benzene rings is 1. The summed E-state index contributed by atoms with van der Waals surface area (Å²) in [6.07, 6.45) is 4.30. The van der Waals surface area contributed by atoms with Gasteiger partial charge in [0, 0.05) is 12.6 Å². The van der Waals surface area contributed by atoms with Crippen molar-refractivity contribution in [1.82, 2.24) is 10.1 Å². The van der Waals surface area contributed by atoms with Crippen LogP contribution in [-0.2, 0) is 0 Å². The van der Waals surface area contributed by atoms with Crippen molar-refractivity contribution in [2.75, 3.05) is 13.6 Å². The number of carbonyl (C=O) groups excluding carboxylic acids is 1. The molecule has 1 aromatic carbocycles. The second-order valence-electron chi connectivity index (χ2n) is 4.68. The summed E-state index contributed by atoms with van der Waals surface area (Å²) < 4.78 is 5.16. The molecule has 0 saturated heterocycles. The van der Waals surface area contributed by atoms with Gasteiger partial charge >= 0.3 is 0 Å². The van der Waals surface area contributed by atoms with Gasteiger partial charge in [-0.3, -0.25) is 4.79 Å². The molecule has 1 N–H and O–H groups in total. The predicted octanol–water partition coefficient (Wildman–Crippen LogP) is 2.10. The first-order chi connectivity index (χ1) is 10.1. The Morgan fingerprint density at radius 3 is 2.71 bits per heavy atom. The molecular formula is C16H16N2O3. The lowest BCUT2D eigenvalue weighted by Crippen LogP contribution is -2.28. The molecule has 5 heteroatoms. The summed E-state index contributed by atoms with van der Waals surface area (Å²) in [6, 6.07) is 9.19. The fourth-order valence-corrected chi connectivity index (χ4v) is 1.99. The third kappa shape index (κ3) is 2.96. The number of aliphatic hydroxyl groups excluding tert-OH is 1. The number of aromatic nitrogens is 1. The number of amides is 1. The number of terminal acetylenes is 1. The lowest BCUT2D eigenvalue weighted by molar-refractivity contribution is 0.0800. The lowest BCUT2D eigenvalue weighted by Gasteiger charge is -2.14. The van der Waals surface area contributed by atoms with E-state index < -0.39 is 6.10 Å². The third-order valence-electron chi connectivity index (χ3n) is 3.03. The number of carbonyl (C=O) groups is 1. The monoisotopic (exact) mass is 284 g/mol. The number of hydrogen-bond donors (Lipinski definition) is 1. The van der Waals surface area contributed by atoms with Crippen molar-refractivity contribution in [3.05, 3.63) is 41.7 Å². The van der Waals surface area contributed by atoms with Gasteiger partial charge in [-0.15, -0.1) is 6.42 Å². The minimum absolute atomic E-state index is 0.141. The SMILES string of the molecule is C#CCN(C)C(=O)c1c(-c2ccccc2)noc1[C@H](C)O. The van der Waals surface area contributed by atoms with Crippen molar-refractivity contribution in [3.8, 4) is 23.6 Å². The Kier molecular flexibility index (Phi) is 4.41. The van der Waals surface area contributed by atoms with Gasteiger partial charge < -0.3 is 14.5 Å². The van der Waals surface area contributed by atoms with Gasteiger partial charge in [0.1, 0.15) is 17.4 Å². The van der Waals surface area contributed by atoms with Crippen LogP contribution in [0.25, 0.3) is 11.3 Å². The van der Waals surface area contributed by atoms with Crippen molar-refractivity contribution in [1.29, 1.82) is 0 Å². The molecule has 0 bridgehead atoms. The van der Waals surface area contributed by atoms with Crippen LogP contribution in [0.4, 0.5) is 0 Å².